The molecule has 5 nitrogen and oxygen atoms in total. The summed E-state index contributed by atoms with van der Waals surface area (Å²) in [5.41, 5.74) is 3.33. The van der Waals surface area contributed by atoms with E-state index in [4.69, 9.17) is 5.26 Å². The summed E-state index contributed by atoms with van der Waals surface area (Å²) in [6.45, 7) is 10.4. The fraction of sp³-hybridized carbons (Fsp3) is 0.346. The third-order valence-electron chi connectivity index (χ3n) is 4.80. The maximum absolute atomic E-state index is 14.1. The number of aldehydes is 1. The van der Waals surface area contributed by atoms with Crippen LogP contribution < -0.4 is 4.90 Å². The predicted molar refractivity (Wildman–Crippen MR) is 128 cm³/mol. The van der Waals surface area contributed by atoms with Gasteiger partial charge in [-0.3, -0.25) is 4.79 Å². The molecule has 0 bridgehead atoms. The van der Waals surface area contributed by atoms with Crippen molar-refractivity contribution in [3.8, 4) is 23.0 Å². The first-order chi connectivity index (χ1) is 15.6. The molecule has 1 saturated heterocycles. The number of carbonyl (C=O) groups is 1. The molecule has 0 saturated carbocycles. The van der Waals surface area contributed by atoms with Gasteiger partial charge in [0.2, 0.25) is 0 Å². The van der Waals surface area contributed by atoms with Gasteiger partial charge in [-0.15, -0.1) is 0 Å². The lowest BCUT2D eigenvalue weighted by molar-refractivity contribution is 0.111. The topological polar surface area (TPSA) is 61.9 Å². The Kier molecular flexibility index (Phi) is 9.62. The number of nitrogens with zero attached hydrogens (tertiary/aromatic N) is 4. The van der Waals surface area contributed by atoms with Gasteiger partial charge in [0.15, 0.2) is 6.29 Å². The van der Waals surface area contributed by atoms with E-state index in [1.807, 2.05) is 44.2 Å². The van der Waals surface area contributed by atoms with Crippen molar-refractivity contribution in [2.24, 2.45) is 0 Å². The van der Waals surface area contributed by atoms with Crippen LogP contribution in [0.15, 0.2) is 48.5 Å². The Morgan fingerprint density at radius 1 is 1.03 bits per heavy atom. The van der Waals surface area contributed by atoms with Gasteiger partial charge in [-0.2, -0.15) is 10.4 Å². The van der Waals surface area contributed by atoms with Gasteiger partial charge in [0.05, 0.1) is 16.9 Å². The van der Waals surface area contributed by atoms with Gasteiger partial charge in [0.1, 0.15) is 17.6 Å². The second kappa shape index (κ2) is 12.4. The van der Waals surface area contributed by atoms with Crippen molar-refractivity contribution in [3.05, 3.63) is 65.6 Å². The molecule has 2 heterocycles. The van der Waals surface area contributed by atoms with Crippen LogP contribution in [0.3, 0.4) is 0 Å². The molecule has 6 heteroatoms. The molecule has 3 aromatic rings. The van der Waals surface area contributed by atoms with Crippen LogP contribution in [0.2, 0.25) is 0 Å². The van der Waals surface area contributed by atoms with Crippen LogP contribution in [0.25, 0.3) is 16.9 Å². The second-order valence-electron chi connectivity index (χ2n) is 7.21. The normalized spacial score (nSPS) is 12.2. The molecule has 1 aliphatic rings. The number of rotatable bonds is 4. The zero-order chi connectivity index (χ0) is 23.5. The Labute approximate surface area is 190 Å². The Morgan fingerprint density at radius 2 is 1.62 bits per heavy atom. The van der Waals surface area contributed by atoms with E-state index in [1.165, 1.54) is 31.4 Å². The van der Waals surface area contributed by atoms with Gasteiger partial charge in [0.25, 0.3) is 0 Å². The van der Waals surface area contributed by atoms with Crippen molar-refractivity contribution < 1.29 is 9.18 Å². The molecule has 0 spiro atoms. The van der Waals surface area contributed by atoms with Gasteiger partial charge in [-0.05, 0) is 55.3 Å². The molecule has 168 valence electrons. The quantitative estimate of drug-likeness (QED) is 0.445. The van der Waals surface area contributed by atoms with E-state index in [0.717, 1.165) is 24.5 Å². The molecule has 1 aromatic heterocycles. The Balaban J connectivity index is 0.000000671. The Hall–Kier alpha value is -3.46. The average molecular weight is 435 g/mol. The minimum absolute atomic E-state index is 0.0182. The first-order valence-corrected chi connectivity index (χ1v) is 11.2. The van der Waals surface area contributed by atoms with E-state index in [2.05, 4.69) is 23.8 Å². The molecule has 1 aliphatic heterocycles. The lowest BCUT2D eigenvalue weighted by Gasteiger charge is -2.18. The lowest BCUT2D eigenvalue weighted by Crippen LogP contribution is -2.17. The summed E-state index contributed by atoms with van der Waals surface area (Å²) in [6.07, 6.45) is 4.33. The van der Waals surface area contributed by atoms with Crippen LogP contribution in [0.5, 0.6) is 0 Å². The number of hydrogen-bond acceptors (Lipinski definition) is 4. The smallest absolute Gasteiger partial charge is 0.170 e. The van der Waals surface area contributed by atoms with Crippen molar-refractivity contribution in [1.82, 2.24) is 9.78 Å². The number of benzene rings is 2. The van der Waals surface area contributed by atoms with E-state index in [9.17, 15) is 9.18 Å². The van der Waals surface area contributed by atoms with Crippen LogP contribution in [-0.2, 0) is 0 Å². The molecule has 0 atom stereocenters. The fourth-order valence-corrected chi connectivity index (χ4v) is 3.40. The van der Waals surface area contributed by atoms with Crippen LogP contribution in [-0.4, -0.2) is 29.2 Å². The molecule has 1 fully saturated rings. The van der Waals surface area contributed by atoms with Crippen molar-refractivity contribution >= 4 is 12.0 Å². The van der Waals surface area contributed by atoms with E-state index in [-0.39, 0.29) is 11.3 Å². The van der Waals surface area contributed by atoms with E-state index < -0.39 is 5.82 Å². The van der Waals surface area contributed by atoms with Gasteiger partial charge >= 0.3 is 0 Å². The molecular weight excluding hydrogens is 403 g/mol. The maximum atomic E-state index is 14.1. The highest BCUT2D eigenvalue weighted by Gasteiger charge is 2.15. The minimum Gasteiger partial charge on any atom is -0.372 e. The summed E-state index contributed by atoms with van der Waals surface area (Å²) < 4.78 is 15.7. The molecule has 0 amide bonds. The Bertz CT molecular complexity index is 1040. The third kappa shape index (κ3) is 5.82. The lowest BCUT2D eigenvalue weighted by atomic mass is 10.1. The summed E-state index contributed by atoms with van der Waals surface area (Å²) in [5.74, 6) is -0.597. The van der Waals surface area contributed by atoms with Gasteiger partial charge in [-0.1, -0.05) is 40.2 Å². The first-order valence-electron chi connectivity index (χ1n) is 11.2. The summed E-state index contributed by atoms with van der Waals surface area (Å²) in [4.78, 5) is 13.6. The summed E-state index contributed by atoms with van der Waals surface area (Å²) in [6, 6.07) is 15.8. The highest BCUT2D eigenvalue weighted by atomic mass is 19.1. The van der Waals surface area contributed by atoms with Crippen LogP contribution in [0.1, 0.15) is 63.0 Å². The van der Waals surface area contributed by atoms with Crippen molar-refractivity contribution in [2.45, 2.75) is 47.0 Å². The summed E-state index contributed by atoms with van der Waals surface area (Å²) in [7, 11) is 0. The molecular formula is C26H31FN4O. The van der Waals surface area contributed by atoms with E-state index in [1.54, 1.807) is 16.8 Å². The highest BCUT2D eigenvalue weighted by molar-refractivity contribution is 5.76. The van der Waals surface area contributed by atoms with E-state index in [0.29, 0.717) is 17.5 Å². The SMILES string of the molecule is CC.CCC.N#Cc1ccc(-c2cc(C=O)nn2-c2ccc(N3CCCC3)cc2)cc1F. The number of aromatic nitrogens is 2. The highest BCUT2D eigenvalue weighted by Crippen LogP contribution is 2.27. The number of nitriles is 1. The Morgan fingerprint density at radius 3 is 2.16 bits per heavy atom. The van der Waals surface area contributed by atoms with Gasteiger partial charge in [-0.25, -0.2) is 9.07 Å². The monoisotopic (exact) mass is 434 g/mol. The minimum atomic E-state index is -0.597. The molecule has 0 aliphatic carbocycles. The number of carbonyl (C=O) groups excluding carboxylic acids is 1. The number of anilines is 1. The first kappa shape index (κ1) is 24.8. The molecule has 0 N–H and O–H groups in total. The molecule has 2 aromatic carbocycles. The van der Waals surface area contributed by atoms with E-state index >= 15 is 0 Å². The largest absolute Gasteiger partial charge is 0.372 e. The summed E-state index contributed by atoms with van der Waals surface area (Å²) in [5, 5.41) is 13.2. The molecule has 0 unspecified atom stereocenters. The molecule has 32 heavy (non-hydrogen) atoms. The zero-order valence-electron chi connectivity index (χ0n) is 19.3. The van der Waals surface area contributed by atoms with Crippen molar-refractivity contribution in [2.75, 3.05) is 18.0 Å². The second-order valence-corrected chi connectivity index (χ2v) is 7.21. The maximum Gasteiger partial charge on any atom is 0.170 e. The number of hydrogen-bond donors (Lipinski definition) is 0. The number of halogens is 1. The third-order valence-corrected chi connectivity index (χ3v) is 4.80. The fourth-order valence-electron chi connectivity index (χ4n) is 3.40. The van der Waals surface area contributed by atoms with Crippen molar-refractivity contribution in [3.63, 3.8) is 0 Å². The van der Waals surface area contributed by atoms with Gasteiger partial charge in [0, 0.05) is 24.3 Å². The van der Waals surface area contributed by atoms with Crippen LogP contribution >= 0.6 is 0 Å². The van der Waals surface area contributed by atoms with Crippen molar-refractivity contribution in [1.29, 1.82) is 5.26 Å². The molecule has 0 radical (unpaired) electrons. The predicted octanol–water partition coefficient (Wildman–Crippen LogP) is 6.41. The van der Waals surface area contributed by atoms with Crippen LogP contribution in [0, 0.1) is 17.1 Å². The standard InChI is InChI=1S/C21H17FN4O.C3H8.C2H6/c22-20-11-15(3-4-16(20)13-23)21-12-17(14-27)24-26(21)19-7-5-18(6-8-19)25-9-1-2-10-25;1-3-2;1-2/h3-8,11-12,14H,1-2,9-10H2;3H2,1-2H3;1-2H3. The van der Waals surface area contributed by atoms with Crippen LogP contribution in [0.4, 0.5) is 10.1 Å². The van der Waals surface area contributed by atoms with Gasteiger partial charge < -0.3 is 4.90 Å². The zero-order valence-corrected chi connectivity index (χ0v) is 19.3. The summed E-state index contributed by atoms with van der Waals surface area (Å²) >= 11 is 0. The average Bonchev–Trinajstić information content (AvgIpc) is 3.51. The molecule has 4 rings (SSSR count).